The number of aromatic hydroxyl groups is 1. The van der Waals surface area contributed by atoms with Crippen LogP contribution in [0.15, 0.2) is 54.6 Å². The Bertz CT molecular complexity index is 717. The number of likely N-dealkylation sites (tertiary alicyclic amines) is 1. The molecule has 2 fully saturated rings. The van der Waals surface area contributed by atoms with E-state index in [-0.39, 0.29) is 5.75 Å². The molecule has 4 nitrogen and oxygen atoms in total. The van der Waals surface area contributed by atoms with E-state index in [1.54, 1.807) is 24.3 Å². The van der Waals surface area contributed by atoms with Crippen molar-refractivity contribution in [2.24, 2.45) is 11.8 Å². The van der Waals surface area contributed by atoms with E-state index in [0.717, 1.165) is 37.9 Å². The second kappa shape index (κ2) is 7.03. The molecule has 1 saturated heterocycles. The van der Waals surface area contributed by atoms with Crippen molar-refractivity contribution in [3.8, 4) is 5.75 Å². The SMILES string of the molecule is Oc1ccc([C@H](O)CN2C[C@@H]3CC(O)(Cc4ccccc4)C[C@@H]3C2)cc1. The lowest BCUT2D eigenvalue weighted by Gasteiger charge is -2.27. The van der Waals surface area contributed by atoms with Gasteiger partial charge in [-0.05, 0) is 47.9 Å². The molecule has 0 bridgehead atoms. The lowest BCUT2D eigenvalue weighted by Crippen LogP contribution is -2.33. The fourth-order valence-corrected chi connectivity index (χ4v) is 4.87. The van der Waals surface area contributed by atoms with Gasteiger partial charge in [-0.1, -0.05) is 42.5 Å². The Kier molecular flexibility index (Phi) is 4.74. The van der Waals surface area contributed by atoms with Gasteiger partial charge >= 0.3 is 0 Å². The Labute approximate surface area is 154 Å². The van der Waals surface area contributed by atoms with Gasteiger partial charge in [0.05, 0.1) is 11.7 Å². The van der Waals surface area contributed by atoms with E-state index < -0.39 is 11.7 Å². The minimum atomic E-state index is -0.585. The Morgan fingerprint density at radius 3 is 2.19 bits per heavy atom. The fraction of sp³-hybridized carbons (Fsp3) is 0.455. The number of phenolic OH excluding ortho intramolecular Hbond substituents is 1. The van der Waals surface area contributed by atoms with Crippen molar-refractivity contribution < 1.29 is 15.3 Å². The van der Waals surface area contributed by atoms with Crippen molar-refractivity contribution in [2.75, 3.05) is 19.6 Å². The van der Waals surface area contributed by atoms with Crippen LogP contribution in [0.3, 0.4) is 0 Å². The Morgan fingerprint density at radius 1 is 0.962 bits per heavy atom. The molecular weight excluding hydrogens is 326 g/mol. The lowest BCUT2D eigenvalue weighted by atomic mass is 9.91. The highest BCUT2D eigenvalue weighted by molar-refractivity contribution is 5.27. The van der Waals surface area contributed by atoms with Gasteiger partial charge in [-0.15, -0.1) is 0 Å². The molecule has 4 atom stereocenters. The summed E-state index contributed by atoms with van der Waals surface area (Å²) in [7, 11) is 0. The highest BCUT2D eigenvalue weighted by Gasteiger charge is 2.48. The normalized spacial score (nSPS) is 29.6. The second-order valence-corrected chi connectivity index (χ2v) is 8.14. The van der Waals surface area contributed by atoms with Gasteiger partial charge in [0.25, 0.3) is 0 Å². The van der Waals surface area contributed by atoms with E-state index in [4.69, 9.17) is 0 Å². The molecule has 138 valence electrons. The highest BCUT2D eigenvalue weighted by atomic mass is 16.3. The van der Waals surface area contributed by atoms with Crippen molar-refractivity contribution in [1.82, 2.24) is 4.90 Å². The van der Waals surface area contributed by atoms with Gasteiger partial charge in [0.15, 0.2) is 0 Å². The van der Waals surface area contributed by atoms with Crippen LogP contribution in [0.5, 0.6) is 5.75 Å². The van der Waals surface area contributed by atoms with Crippen LogP contribution in [0.1, 0.15) is 30.1 Å². The molecular formula is C22H27NO3. The van der Waals surface area contributed by atoms with Gasteiger partial charge in [0, 0.05) is 26.1 Å². The summed E-state index contributed by atoms with van der Waals surface area (Å²) in [6.07, 6.45) is 1.88. The molecule has 1 aliphatic heterocycles. The summed E-state index contributed by atoms with van der Waals surface area (Å²) < 4.78 is 0. The van der Waals surface area contributed by atoms with E-state index >= 15 is 0 Å². The largest absolute Gasteiger partial charge is 0.508 e. The standard InChI is InChI=1S/C22H27NO3/c24-20-8-6-17(7-9-20)21(25)15-23-13-18-11-22(26,12-19(18)14-23)10-16-4-2-1-3-5-16/h1-9,18-19,21,24-26H,10-15H2/t18-,19+,21-,22?/m1/s1. The predicted molar refractivity (Wildman–Crippen MR) is 101 cm³/mol. The smallest absolute Gasteiger partial charge is 0.115 e. The zero-order valence-electron chi connectivity index (χ0n) is 15.0. The number of hydrogen-bond donors (Lipinski definition) is 3. The maximum absolute atomic E-state index is 11.0. The molecule has 0 radical (unpaired) electrons. The molecule has 2 aliphatic rings. The van der Waals surface area contributed by atoms with Crippen molar-refractivity contribution in [3.05, 3.63) is 65.7 Å². The summed E-state index contributed by atoms with van der Waals surface area (Å²) in [5.41, 5.74) is 1.45. The molecule has 2 aromatic rings. The van der Waals surface area contributed by atoms with E-state index in [0.29, 0.717) is 18.4 Å². The summed E-state index contributed by atoms with van der Waals surface area (Å²) in [4.78, 5) is 2.31. The number of benzene rings is 2. The van der Waals surface area contributed by atoms with Crippen LogP contribution in [0, 0.1) is 11.8 Å². The molecule has 1 aliphatic carbocycles. The molecule has 0 amide bonds. The minimum absolute atomic E-state index is 0.217. The van der Waals surface area contributed by atoms with E-state index in [1.807, 2.05) is 18.2 Å². The quantitative estimate of drug-likeness (QED) is 0.773. The molecule has 3 N–H and O–H groups in total. The Morgan fingerprint density at radius 2 is 1.58 bits per heavy atom. The van der Waals surface area contributed by atoms with E-state index in [2.05, 4.69) is 17.0 Å². The summed E-state index contributed by atoms with van der Waals surface area (Å²) in [6.45, 7) is 2.49. The van der Waals surface area contributed by atoms with Crippen LogP contribution >= 0.6 is 0 Å². The van der Waals surface area contributed by atoms with Gasteiger partial charge in [0.2, 0.25) is 0 Å². The maximum atomic E-state index is 11.0. The number of aliphatic hydroxyl groups is 2. The number of nitrogens with zero attached hydrogens (tertiary/aromatic N) is 1. The first kappa shape index (κ1) is 17.5. The average molecular weight is 353 g/mol. The molecule has 4 heteroatoms. The van der Waals surface area contributed by atoms with Crippen molar-refractivity contribution in [3.63, 3.8) is 0 Å². The summed E-state index contributed by atoms with van der Waals surface area (Å²) in [5.74, 6) is 1.24. The zero-order chi connectivity index (χ0) is 18.1. The van der Waals surface area contributed by atoms with Crippen molar-refractivity contribution in [2.45, 2.75) is 31.0 Å². The first-order chi connectivity index (χ1) is 12.5. The number of fused-ring (bicyclic) bond motifs is 1. The van der Waals surface area contributed by atoms with Gasteiger partial charge in [-0.2, -0.15) is 0 Å². The topological polar surface area (TPSA) is 63.9 Å². The number of hydrogen-bond acceptors (Lipinski definition) is 4. The first-order valence-corrected chi connectivity index (χ1v) is 9.46. The average Bonchev–Trinajstić information content (AvgIpc) is 3.10. The maximum Gasteiger partial charge on any atom is 0.115 e. The molecule has 0 aromatic heterocycles. The zero-order valence-corrected chi connectivity index (χ0v) is 15.0. The van der Waals surface area contributed by atoms with Crippen LogP contribution in [0.25, 0.3) is 0 Å². The number of phenols is 1. The van der Waals surface area contributed by atoms with Crippen molar-refractivity contribution in [1.29, 1.82) is 0 Å². The first-order valence-electron chi connectivity index (χ1n) is 9.46. The Hall–Kier alpha value is -1.88. The van der Waals surface area contributed by atoms with Crippen LogP contribution in [0.2, 0.25) is 0 Å². The summed E-state index contributed by atoms with van der Waals surface area (Å²) >= 11 is 0. The van der Waals surface area contributed by atoms with Gasteiger partial charge in [0.1, 0.15) is 5.75 Å². The van der Waals surface area contributed by atoms with E-state index in [1.165, 1.54) is 5.56 Å². The molecule has 26 heavy (non-hydrogen) atoms. The van der Waals surface area contributed by atoms with Crippen LogP contribution in [-0.2, 0) is 6.42 Å². The van der Waals surface area contributed by atoms with Crippen LogP contribution in [-0.4, -0.2) is 45.5 Å². The molecule has 1 saturated carbocycles. The monoisotopic (exact) mass is 353 g/mol. The van der Waals surface area contributed by atoms with E-state index in [9.17, 15) is 15.3 Å². The predicted octanol–water partition coefficient (Wildman–Crippen LogP) is 2.74. The summed E-state index contributed by atoms with van der Waals surface area (Å²) in [5, 5.41) is 30.9. The van der Waals surface area contributed by atoms with Crippen LogP contribution < -0.4 is 0 Å². The van der Waals surface area contributed by atoms with Gasteiger partial charge < -0.3 is 15.3 Å². The molecule has 1 heterocycles. The summed E-state index contributed by atoms with van der Waals surface area (Å²) in [6, 6.07) is 17.0. The number of β-amino-alcohol motifs (C(OH)–C–C–N with tert-alkyl or cyclic N) is 1. The molecule has 4 rings (SSSR count). The fourth-order valence-electron chi connectivity index (χ4n) is 4.87. The minimum Gasteiger partial charge on any atom is -0.508 e. The lowest BCUT2D eigenvalue weighted by molar-refractivity contribution is 0.0328. The third-order valence-electron chi connectivity index (χ3n) is 6.02. The van der Waals surface area contributed by atoms with Crippen LogP contribution in [0.4, 0.5) is 0 Å². The third-order valence-corrected chi connectivity index (χ3v) is 6.02. The van der Waals surface area contributed by atoms with Gasteiger partial charge in [-0.25, -0.2) is 0 Å². The number of aliphatic hydroxyl groups excluding tert-OH is 1. The Balaban J connectivity index is 1.32. The molecule has 1 unspecified atom stereocenters. The third kappa shape index (κ3) is 3.78. The van der Waals surface area contributed by atoms with Gasteiger partial charge in [-0.3, -0.25) is 4.90 Å². The van der Waals surface area contributed by atoms with Crippen molar-refractivity contribution >= 4 is 0 Å². The molecule has 2 aromatic carbocycles. The molecule has 0 spiro atoms. The second-order valence-electron chi connectivity index (χ2n) is 8.14. The highest BCUT2D eigenvalue weighted by Crippen LogP contribution is 2.45. The number of rotatable bonds is 5.